The minimum atomic E-state index is -3.51. The average Bonchev–Trinajstić information content (AvgIpc) is 2.75. The Kier molecular flexibility index (Phi) is 7.71. The Morgan fingerprint density at radius 2 is 1.39 bits per heavy atom. The Labute approximate surface area is 188 Å². The average molecular weight is 457 g/mol. The number of nitrogens with zero attached hydrogens (tertiary/aromatic N) is 1. The number of carbonyl (C=O) groups excluding carboxylic acids is 1. The molecule has 0 aliphatic heterocycles. The zero-order valence-corrected chi connectivity index (χ0v) is 18.9. The van der Waals surface area contributed by atoms with Crippen molar-refractivity contribution in [2.75, 3.05) is 24.1 Å². The number of carbonyl (C=O) groups is 1. The number of rotatable bonds is 9. The van der Waals surface area contributed by atoms with Crippen LogP contribution in [0.15, 0.2) is 78.9 Å². The second kappa shape index (κ2) is 10.5. The molecule has 7 heteroatoms. The molecule has 3 aromatic carbocycles. The van der Waals surface area contributed by atoms with Crippen molar-refractivity contribution in [2.45, 2.75) is 12.8 Å². The summed E-state index contributed by atoms with van der Waals surface area (Å²) in [5, 5.41) is 0.238. The van der Waals surface area contributed by atoms with Crippen LogP contribution >= 0.6 is 11.6 Å². The predicted molar refractivity (Wildman–Crippen MR) is 126 cm³/mol. The van der Waals surface area contributed by atoms with Gasteiger partial charge in [-0.15, -0.1) is 0 Å². The van der Waals surface area contributed by atoms with Crippen LogP contribution in [0.5, 0.6) is 0 Å². The molecule has 5 nitrogen and oxygen atoms in total. The van der Waals surface area contributed by atoms with Crippen molar-refractivity contribution >= 4 is 33.2 Å². The van der Waals surface area contributed by atoms with Gasteiger partial charge in [0.05, 0.1) is 17.0 Å². The van der Waals surface area contributed by atoms with E-state index in [1.54, 1.807) is 11.0 Å². The number of anilines is 1. The summed E-state index contributed by atoms with van der Waals surface area (Å²) in [6.45, 7) is 1.10. The van der Waals surface area contributed by atoms with Crippen LogP contribution in [0.1, 0.15) is 21.5 Å². The van der Waals surface area contributed by atoms with E-state index in [0.717, 1.165) is 30.2 Å². The van der Waals surface area contributed by atoms with Gasteiger partial charge in [0.15, 0.2) is 0 Å². The normalized spacial score (nSPS) is 11.2. The van der Waals surface area contributed by atoms with Crippen molar-refractivity contribution in [1.29, 1.82) is 0 Å². The van der Waals surface area contributed by atoms with Gasteiger partial charge in [-0.3, -0.25) is 9.52 Å². The predicted octanol–water partition coefficient (Wildman–Crippen LogP) is 4.64. The molecule has 0 bridgehead atoms. The van der Waals surface area contributed by atoms with E-state index in [9.17, 15) is 13.2 Å². The second-order valence-electron chi connectivity index (χ2n) is 7.33. The number of benzene rings is 3. The lowest BCUT2D eigenvalue weighted by Crippen LogP contribution is -2.34. The van der Waals surface area contributed by atoms with Gasteiger partial charge < -0.3 is 4.90 Å². The topological polar surface area (TPSA) is 66.5 Å². The first kappa shape index (κ1) is 22.8. The maximum Gasteiger partial charge on any atom is 0.253 e. The molecular weight excluding hydrogens is 432 g/mol. The lowest BCUT2D eigenvalue weighted by molar-refractivity contribution is 0.0759. The highest BCUT2D eigenvalue weighted by molar-refractivity contribution is 7.92. The summed E-state index contributed by atoms with van der Waals surface area (Å²) >= 11 is 6.12. The highest BCUT2D eigenvalue weighted by atomic mass is 35.5. The van der Waals surface area contributed by atoms with Crippen LogP contribution in [-0.2, 0) is 22.9 Å². The molecule has 0 saturated carbocycles. The quantitative estimate of drug-likeness (QED) is 0.510. The van der Waals surface area contributed by atoms with Gasteiger partial charge in [0.1, 0.15) is 0 Å². The van der Waals surface area contributed by atoms with Crippen molar-refractivity contribution in [2.24, 2.45) is 0 Å². The molecule has 1 N–H and O–H groups in total. The Bertz CT molecular complexity index is 1080. The Balaban J connectivity index is 1.81. The number of halogens is 1. The van der Waals surface area contributed by atoms with E-state index in [1.165, 1.54) is 12.1 Å². The van der Waals surface area contributed by atoms with Crippen LogP contribution in [0.2, 0.25) is 5.02 Å². The maximum atomic E-state index is 13.3. The SMILES string of the molecule is CS(=O)(=O)Nc1cc(C(=O)N(CCc2ccccc2)CCc2ccccc2)ccc1Cl. The largest absolute Gasteiger partial charge is 0.338 e. The van der Waals surface area contributed by atoms with Crippen LogP contribution < -0.4 is 4.72 Å². The summed E-state index contributed by atoms with van der Waals surface area (Å²) in [7, 11) is -3.51. The third-order valence-corrected chi connectivity index (χ3v) is 5.74. The Morgan fingerprint density at radius 3 is 1.87 bits per heavy atom. The van der Waals surface area contributed by atoms with E-state index in [4.69, 9.17) is 11.6 Å². The lowest BCUT2D eigenvalue weighted by atomic mass is 10.1. The summed E-state index contributed by atoms with van der Waals surface area (Å²) in [6, 6.07) is 24.6. The van der Waals surface area contributed by atoms with Gasteiger partial charge in [-0.05, 0) is 42.2 Å². The van der Waals surface area contributed by atoms with Gasteiger partial charge in [0.2, 0.25) is 10.0 Å². The maximum absolute atomic E-state index is 13.3. The summed E-state index contributed by atoms with van der Waals surface area (Å²) in [4.78, 5) is 15.1. The molecule has 31 heavy (non-hydrogen) atoms. The minimum Gasteiger partial charge on any atom is -0.338 e. The van der Waals surface area contributed by atoms with Crippen molar-refractivity contribution in [3.8, 4) is 0 Å². The number of amides is 1. The third-order valence-electron chi connectivity index (χ3n) is 4.82. The molecule has 3 aromatic rings. The van der Waals surface area contributed by atoms with Crippen LogP contribution in [0, 0.1) is 0 Å². The lowest BCUT2D eigenvalue weighted by Gasteiger charge is -2.23. The van der Waals surface area contributed by atoms with Gasteiger partial charge in [-0.25, -0.2) is 8.42 Å². The molecule has 1 amide bonds. The van der Waals surface area contributed by atoms with Crippen molar-refractivity contribution < 1.29 is 13.2 Å². The Morgan fingerprint density at radius 1 is 0.871 bits per heavy atom. The van der Waals surface area contributed by atoms with E-state index in [1.807, 2.05) is 60.7 Å². The molecule has 0 saturated heterocycles. The molecule has 0 unspecified atom stereocenters. The number of nitrogens with one attached hydrogen (secondary N) is 1. The van der Waals surface area contributed by atoms with Crippen LogP contribution in [0.3, 0.4) is 0 Å². The first-order valence-corrected chi connectivity index (χ1v) is 12.2. The fraction of sp³-hybridized carbons (Fsp3) is 0.208. The molecule has 0 fully saturated rings. The fourth-order valence-electron chi connectivity index (χ4n) is 3.25. The van der Waals surface area contributed by atoms with E-state index in [-0.39, 0.29) is 16.6 Å². The molecule has 0 radical (unpaired) electrons. The molecule has 0 heterocycles. The zero-order chi connectivity index (χ0) is 22.3. The van der Waals surface area contributed by atoms with Gasteiger partial charge in [0.25, 0.3) is 5.91 Å². The first-order valence-electron chi connectivity index (χ1n) is 9.96. The van der Waals surface area contributed by atoms with Crippen molar-refractivity contribution in [3.05, 3.63) is 101 Å². The monoisotopic (exact) mass is 456 g/mol. The molecule has 0 atom stereocenters. The van der Waals surface area contributed by atoms with Crippen molar-refractivity contribution in [3.63, 3.8) is 0 Å². The molecule has 0 aromatic heterocycles. The number of sulfonamides is 1. The summed E-state index contributed by atoms with van der Waals surface area (Å²) in [6.07, 6.45) is 2.50. The summed E-state index contributed by atoms with van der Waals surface area (Å²) < 4.78 is 25.6. The highest BCUT2D eigenvalue weighted by Gasteiger charge is 2.18. The molecular formula is C24H25ClN2O3S. The standard InChI is InChI=1S/C24H25ClN2O3S/c1-31(29,30)26-23-18-21(12-13-22(23)25)24(28)27(16-14-19-8-4-2-5-9-19)17-15-20-10-6-3-7-11-20/h2-13,18,26H,14-17H2,1H3. The van der Waals surface area contributed by atoms with Gasteiger partial charge in [-0.2, -0.15) is 0 Å². The van der Waals surface area contributed by atoms with Crippen LogP contribution in [-0.4, -0.2) is 38.6 Å². The number of hydrogen-bond acceptors (Lipinski definition) is 3. The van der Waals surface area contributed by atoms with Gasteiger partial charge in [0, 0.05) is 18.7 Å². The Hall–Kier alpha value is -2.83. The summed E-state index contributed by atoms with van der Waals surface area (Å²) in [5.74, 6) is -0.167. The fourth-order valence-corrected chi connectivity index (χ4v) is 4.04. The smallest absolute Gasteiger partial charge is 0.253 e. The van der Waals surface area contributed by atoms with Crippen LogP contribution in [0.25, 0.3) is 0 Å². The van der Waals surface area contributed by atoms with E-state index in [0.29, 0.717) is 18.7 Å². The molecule has 0 aliphatic carbocycles. The second-order valence-corrected chi connectivity index (χ2v) is 9.49. The molecule has 0 spiro atoms. The van der Waals surface area contributed by atoms with E-state index < -0.39 is 10.0 Å². The van der Waals surface area contributed by atoms with E-state index >= 15 is 0 Å². The molecule has 0 aliphatic rings. The number of hydrogen-bond donors (Lipinski definition) is 1. The minimum absolute atomic E-state index is 0.167. The molecule has 3 rings (SSSR count). The van der Waals surface area contributed by atoms with E-state index in [2.05, 4.69) is 4.72 Å². The summed E-state index contributed by atoms with van der Waals surface area (Å²) in [5.41, 5.74) is 2.88. The highest BCUT2D eigenvalue weighted by Crippen LogP contribution is 2.25. The first-order chi connectivity index (χ1) is 14.8. The molecule has 162 valence electrons. The van der Waals surface area contributed by atoms with Crippen LogP contribution in [0.4, 0.5) is 5.69 Å². The van der Waals surface area contributed by atoms with Gasteiger partial charge >= 0.3 is 0 Å². The third kappa shape index (κ3) is 7.12. The zero-order valence-electron chi connectivity index (χ0n) is 17.3. The van der Waals surface area contributed by atoms with Crippen molar-refractivity contribution in [1.82, 2.24) is 4.90 Å². The van der Waals surface area contributed by atoms with Gasteiger partial charge in [-0.1, -0.05) is 72.3 Å².